The number of benzene rings is 1. The van der Waals surface area contributed by atoms with Crippen molar-refractivity contribution in [3.8, 4) is 5.75 Å². The van der Waals surface area contributed by atoms with E-state index in [0.29, 0.717) is 22.6 Å². The van der Waals surface area contributed by atoms with Crippen molar-refractivity contribution in [2.75, 3.05) is 7.11 Å². The van der Waals surface area contributed by atoms with Crippen molar-refractivity contribution in [1.82, 2.24) is 14.9 Å². The zero-order chi connectivity index (χ0) is 18.9. The van der Waals surface area contributed by atoms with Gasteiger partial charge in [-0.2, -0.15) is 5.10 Å². The second-order valence-corrected chi connectivity index (χ2v) is 7.94. The lowest BCUT2D eigenvalue weighted by Crippen LogP contribution is -2.32. The van der Waals surface area contributed by atoms with Crippen LogP contribution in [0.3, 0.4) is 0 Å². The van der Waals surface area contributed by atoms with Crippen LogP contribution in [0.1, 0.15) is 46.1 Å². The Morgan fingerprint density at radius 2 is 2.04 bits per heavy atom. The second kappa shape index (κ2) is 6.99. The Hall–Kier alpha value is -2.55. The average molecular weight is 379 g/mol. The molecule has 138 valence electrons. The van der Waals surface area contributed by atoms with Gasteiger partial charge in [0.05, 0.1) is 12.9 Å². The lowest BCUT2D eigenvalue weighted by molar-refractivity contribution is 0.0975. The number of amides is 1. The van der Waals surface area contributed by atoms with Gasteiger partial charge in [0.2, 0.25) is 10.0 Å². The van der Waals surface area contributed by atoms with E-state index in [1.165, 1.54) is 31.4 Å². The summed E-state index contributed by atoms with van der Waals surface area (Å²) in [5.74, 6) is -1.10. The summed E-state index contributed by atoms with van der Waals surface area (Å²) in [6.07, 6.45) is 1.98. The van der Waals surface area contributed by atoms with Crippen LogP contribution in [-0.4, -0.2) is 31.6 Å². The summed E-state index contributed by atoms with van der Waals surface area (Å²) in [4.78, 5) is 12.2. The predicted molar refractivity (Wildman–Crippen MR) is 91.8 cm³/mol. The van der Waals surface area contributed by atoms with E-state index in [1.807, 2.05) is 4.72 Å². The number of nitrogens with one attached hydrogen (secondary N) is 1. The first-order chi connectivity index (χ1) is 12.3. The van der Waals surface area contributed by atoms with Gasteiger partial charge in [0, 0.05) is 12.0 Å². The smallest absolute Gasteiger partial charge is 0.285 e. The topological polar surface area (TPSA) is 98.2 Å². The molecule has 0 radical (unpaired) electrons. The van der Waals surface area contributed by atoms with E-state index in [4.69, 9.17) is 4.74 Å². The summed E-state index contributed by atoms with van der Waals surface area (Å²) in [6.45, 7) is 1.60. The maximum atomic E-state index is 13.1. The molecule has 0 atom stereocenters. The van der Waals surface area contributed by atoms with Crippen LogP contribution in [-0.2, 0) is 15.8 Å². The molecule has 26 heavy (non-hydrogen) atoms. The SMILES string of the molecule is COc1cc(C(=O)NS(=O)(=O)Cc2ccc(F)cc2C)nnc1C1CC1. The molecule has 1 fully saturated rings. The molecule has 0 aliphatic heterocycles. The number of rotatable bonds is 6. The van der Waals surface area contributed by atoms with Gasteiger partial charge >= 0.3 is 0 Å². The minimum Gasteiger partial charge on any atom is -0.495 e. The number of aromatic nitrogens is 2. The molecule has 1 amide bonds. The van der Waals surface area contributed by atoms with Gasteiger partial charge < -0.3 is 4.74 Å². The standard InChI is InChI=1S/C17H18FN3O4S/c1-10-7-13(18)6-5-12(10)9-26(23,24)21-17(22)14-8-15(25-2)16(20-19-14)11-3-4-11/h5-8,11H,3-4,9H2,1-2H3,(H,21,22). The Morgan fingerprint density at radius 1 is 1.31 bits per heavy atom. The molecular weight excluding hydrogens is 361 g/mol. The molecular formula is C17H18FN3O4S. The van der Waals surface area contributed by atoms with E-state index in [2.05, 4.69) is 10.2 Å². The lowest BCUT2D eigenvalue weighted by atomic mass is 10.1. The molecule has 0 unspecified atom stereocenters. The van der Waals surface area contributed by atoms with Gasteiger partial charge in [-0.3, -0.25) is 4.79 Å². The van der Waals surface area contributed by atoms with E-state index in [1.54, 1.807) is 6.92 Å². The van der Waals surface area contributed by atoms with Crippen LogP contribution in [0.15, 0.2) is 24.3 Å². The second-order valence-electron chi connectivity index (χ2n) is 6.22. The zero-order valence-corrected chi connectivity index (χ0v) is 15.1. The molecule has 1 aromatic heterocycles. The average Bonchev–Trinajstić information content (AvgIpc) is 3.41. The van der Waals surface area contributed by atoms with Crippen LogP contribution in [0, 0.1) is 12.7 Å². The number of sulfonamides is 1. The molecule has 1 aliphatic carbocycles. The summed E-state index contributed by atoms with van der Waals surface area (Å²) >= 11 is 0. The molecule has 1 aromatic carbocycles. The number of carbonyl (C=O) groups excluding carboxylic acids is 1. The highest BCUT2D eigenvalue weighted by atomic mass is 32.2. The summed E-state index contributed by atoms with van der Waals surface area (Å²) in [5, 5.41) is 7.81. The van der Waals surface area contributed by atoms with Gasteiger partial charge in [-0.05, 0) is 43.0 Å². The molecule has 0 bridgehead atoms. The van der Waals surface area contributed by atoms with Crippen LogP contribution < -0.4 is 9.46 Å². The number of nitrogens with zero attached hydrogens (tertiary/aromatic N) is 2. The molecule has 0 spiro atoms. The fraction of sp³-hybridized carbons (Fsp3) is 0.353. The lowest BCUT2D eigenvalue weighted by Gasteiger charge is -2.10. The van der Waals surface area contributed by atoms with Crippen molar-refractivity contribution in [1.29, 1.82) is 0 Å². The third-order valence-electron chi connectivity index (χ3n) is 4.10. The van der Waals surface area contributed by atoms with Crippen LogP contribution in [0.25, 0.3) is 0 Å². The van der Waals surface area contributed by atoms with Gasteiger partial charge in [0.1, 0.15) is 17.3 Å². The first-order valence-corrected chi connectivity index (χ1v) is 9.66. The van der Waals surface area contributed by atoms with Gasteiger partial charge in [0.15, 0.2) is 5.69 Å². The van der Waals surface area contributed by atoms with Gasteiger partial charge in [-0.15, -0.1) is 5.10 Å². The molecule has 3 rings (SSSR count). The highest BCUT2D eigenvalue weighted by Crippen LogP contribution is 2.42. The van der Waals surface area contributed by atoms with Crippen molar-refractivity contribution in [2.45, 2.75) is 31.4 Å². The Balaban J connectivity index is 1.75. The van der Waals surface area contributed by atoms with Crippen molar-refractivity contribution in [3.63, 3.8) is 0 Å². The van der Waals surface area contributed by atoms with Crippen molar-refractivity contribution >= 4 is 15.9 Å². The molecule has 1 heterocycles. The third-order valence-corrected chi connectivity index (χ3v) is 5.29. The first-order valence-electron chi connectivity index (χ1n) is 8.00. The quantitative estimate of drug-likeness (QED) is 0.825. The monoisotopic (exact) mass is 379 g/mol. The first kappa shape index (κ1) is 18.2. The largest absolute Gasteiger partial charge is 0.495 e. The minimum atomic E-state index is -3.98. The molecule has 2 aromatic rings. The molecule has 9 heteroatoms. The normalized spacial score (nSPS) is 14.1. The summed E-state index contributed by atoms with van der Waals surface area (Å²) < 4.78 is 44.8. The highest BCUT2D eigenvalue weighted by molar-refractivity contribution is 7.89. The Morgan fingerprint density at radius 3 is 2.65 bits per heavy atom. The van der Waals surface area contributed by atoms with E-state index in [-0.39, 0.29) is 11.6 Å². The zero-order valence-electron chi connectivity index (χ0n) is 14.3. The molecule has 7 nitrogen and oxygen atoms in total. The fourth-order valence-corrected chi connectivity index (χ4v) is 3.75. The Bertz CT molecular complexity index is 958. The summed E-state index contributed by atoms with van der Waals surface area (Å²) in [5.41, 5.74) is 1.41. The Labute approximate surface area is 150 Å². The van der Waals surface area contributed by atoms with Crippen LogP contribution in [0.5, 0.6) is 5.75 Å². The number of carbonyl (C=O) groups is 1. The number of methoxy groups -OCH3 is 1. The summed E-state index contributed by atoms with van der Waals surface area (Å²) in [6, 6.07) is 5.17. The number of aryl methyl sites for hydroxylation is 1. The maximum absolute atomic E-state index is 13.1. The molecule has 1 N–H and O–H groups in total. The maximum Gasteiger partial charge on any atom is 0.285 e. The van der Waals surface area contributed by atoms with Crippen molar-refractivity contribution < 1.29 is 22.3 Å². The van der Waals surface area contributed by atoms with Gasteiger partial charge in [-0.1, -0.05) is 6.07 Å². The van der Waals surface area contributed by atoms with Crippen LogP contribution in [0.4, 0.5) is 4.39 Å². The van der Waals surface area contributed by atoms with E-state index < -0.39 is 27.5 Å². The number of hydrogen-bond acceptors (Lipinski definition) is 6. The molecule has 0 saturated heterocycles. The van der Waals surface area contributed by atoms with E-state index in [9.17, 15) is 17.6 Å². The van der Waals surface area contributed by atoms with Gasteiger partial charge in [-0.25, -0.2) is 17.5 Å². The van der Waals surface area contributed by atoms with Crippen molar-refractivity contribution in [3.05, 3.63) is 52.6 Å². The fourth-order valence-electron chi connectivity index (χ4n) is 2.55. The van der Waals surface area contributed by atoms with Gasteiger partial charge in [0.25, 0.3) is 5.91 Å². The van der Waals surface area contributed by atoms with E-state index in [0.717, 1.165) is 12.8 Å². The van der Waals surface area contributed by atoms with Crippen LogP contribution >= 0.6 is 0 Å². The predicted octanol–water partition coefficient (Wildman–Crippen LogP) is 2.07. The highest BCUT2D eigenvalue weighted by Gasteiger charge is 2.30. The Kier molecular flexibility index (Phi) is 4.90. The number of hydrogen-bond donors (Lipinski definition) is 1. The van der Waals surface area contributed by atoms with Crippen LogP contribution in [0.2, 0.25) is 0 Å². The summed E-state index contributed by atoms with van der Waals surface area (Å²) in [7, 11) is -2.52. The third kappa shape index (κ3) is 4.16. The minimum absolute atomic E-state index is 0.148. The number of ether oxygens (including phenoxy) is 1. The molecule has 1 saturated carbocycles. The molecule has 1 aliphatic rings. The van der Waals surface area contributed by atoms with Crippen molar-refractivity contribution in [2.24, 2.45) is 0 Å². The van der Waals surface area contributed by atoms with E-state index >= 15 is 0 Å². The number of halogens is 1.